The second-order valence-electron chi connectivity index (χ2n) is 9.65. The average molecular weight is 543 g/mol. The summed E-state index contributed by atoms with van der Waals surface area (Å²) in [6, 6.07) is 27.6. The Kier molecular flexibility index (Phi) is 9.21. The highest BCUT2D eigenvalue weighted by Gasteiger charge is 2.24. The molecule has 39 heavy (non-hydrogen) atoms. The van der Waals surface area contributed by atoms with Crippen LogP contribution in [-0.2, 0) is 22.6 Å². The molecule has 1 saturated heterocycles. The van der Waals surface area contributed by atoms with Crippen LogP contribution in [0.25, 0.3) is 10.8 Å². The Hall–Kier alpha value is -3.72. The molecule has 0 spiro atoms. The number of nitrogens with zero attached hydrogens (tertiary/aromatic N) is 3. The van der Waals surface area contributed by atoms with Crippen molar-refractivity contribution in [2.24, 2.45) is 0 Å². The zero-order valence-electron chi connectivity index (χ0n) is 22.0. The molecule has 0 aliphatic carbocycles. The van der Waals surface area contributed by atoms with Gasteiger partial charge in [-0.3, -0.25) is 9.69 Å². The highest BCUT2D eigenvalue weighted by Crippen LogP contribution is 2.23. The number of rotatable bonds is 10. The van der Waals surface area contributed by atoms with Gasteiger partial charge in [-0.1, -0.05) is 72.8 Å². The van der Waals surface area contributed by atoms with E-state index >= 15 is 0 Å². The van der Waals surface area contributed by atoms with Crippen LogP contribution in [-0.4, -0.2) is 72.6 Å². The number of urea groups is 1. The first kappa shape index (κ1) is 26.9. The van der Waals surface area contributed by atoms with Crippen LogP contribution in [0.1, 0.15) is 10.4 Å². The number of carbonyl (C=O) groups is 2. The fourth-order valence-corrected chi connectivity index (χ4v) is 5.48. The van der Waals surface area contributed by atoms with Gasteiger partial charge < -0.3 is 19.9 Å². The van der Waals surface area contributed by atoms with Crippen LogP contribution >= 0.6 is 11.3 Å². The number of carbonyl (C=O) groups excluding carboxylic acids is 2. The molecule has 0 saturated carbocycles. The van der Waals surface area contributed by atoms with Gasteiger partial charge in [-0.25, -0.2) is 4.79 Å². The van der Waals surface area contributed by atoms with Crippen molar-refractivity contribution in [3.8, 4) is 0 Å². The molecule has 202 valence electrons. The third-order valence-corrected chi connectivity index (χ3v) is 7.79. The molecule has 1 N–H and O–H groups in total. The number of morpholine rings is 1. The van der Waals surface area contributed by atoms with Crippen LogP contribution in [0.15, 0.2) is 90.3 Å². The highest BCUT2D eigenvalue weighted by molar-refractivity contribution is 7.09. The molecule has 1 aliphatic rings. The number of hydrogen-bond acceptors (Lipinski definition) is 5. The third kappa shape index (κ3) is 7.44. The van der Waals surface area contributed by atoms with E-state index in [4.69, 9.17) is 4.74 Å². The van der Waals surface area contributed by atoms with E-state index in [-0.39, 0.29) is 18.5 Å². The lowest BCUT2D eigenvalue weighted by molar-refractivity contribution is -0.133. The van der Waals surface area contributed by atoms with Crippen molar-refractivity contribution in [3.05, 3.63) is 101 Å². The summed E-state index contributed by atoms with van der Waals surface area (Å²) in [5, 5.41) is 7.13. The molecule has 1 aromatic heterocycles. The summed E-state index contributed by atoms with van der Waals surface area (Å²) in [4.78, 5) is 34.3. The van der Waals surface area contributed by atoms with Crippen molar-refractivity contribution in [1.82, 2.24) is 14.7 Å². The molecular formula is C31H34N4O3S. The summed E-state index contributed by atoms with van der Waals surface area (Å²) in [6.45, 7) is 5.15. The molecule has 8 heteroatoms. The number of nitrogens with one attached hydrogen (secondary N) is 1. The summed E-state index contributed by atoms with van der Waals surface area (Å²) >= 11 is 1.63. The van der Waals surface area contributed by atoms with E-state index in [1.165, 1.54) is 0 Å². The fourth-order valence-electron chi connectivity index (χ4n) is 4.76. The van der Waals surface area contributed by atoms with Gasteiger partial charge in [0.2, 0.25) is 5.91 Å². The van der Waals surface area contributed by atoms with Crippen LogP contribution in [0.3, 0.4) is 0 Å². The van der Waals surface area contributed by atoms with Gasteiger partial charge in [0.15, 0.2) is 0 Å². The lowest BCUT2D eigenvalue weighted by atomic mass is 10.1. The zero-order valence-corrected chi connectivity index (χ0v) is 22.8. The van der Waals surface area contributed by atoms with E-state index in [1.807, 2.05) is 95.2 Å². The van der Waals surface area contributed by atoms with Crippen molar-refractivity contribution < 1.29 is 14.3 Å². The van der Waals surface area contributed by atoms with E-state index in [2.05, 4.69) is 10.2 Å². The molecular weight excluding hydrogens is 508 g/mol. The van der Waals surface area contributed by atoms with Crippen molar-refractivity contribution in [2.75, 3.05) is 51.3 Å². The van der Waals surface area contributed by atoms with Gasteiger partial charge in [0.1, 0.15) is 6.54 Å². The fraction of sp³-hybridized carbons (Fsp3) is 0.290. The van der Waals surface area contributed by atoms with Crippen molar-refractivity contribution in [1.29, 1.82) is 0 Å². The molecule has 4 aromatic rings. The van der Waals surface area contributed by atoms with Gasteiger partial charge in [0, 0.05) is 43.0 Å². The maximum atomic E-state index is 13.8. The zero-order chi connectivity index (χ0) is 26.9. The van der Waals surface area contributed by atoms with E-state index in [9.17, 15) is 9.59 Å². The summed E-state index contributed by atoms with van der Waals surface area (Å²) in [6.07, 6.45) is 0. The monoisotopic (exact) mass is 542 g/mol. The standard InChI is InChI=1S/C31H34N4O3S/c36-30(35(23-27-12-7-21-39-27)22-25-8-2-1-3-9-25)24-34(16-15-33-17-19-38-20-18-33)31(37)32-29-14-6-11-26-10-4-5-13-28(26)29/h1-14,21H,15-20,22-24H2,(H,32,37). The van der Waals surface area contributed by atoms with Crippen LogP contribution in [0.5, 0.6) is 0 Å². The maximum Gasteiger partial charge on any atom is 0.322 e. The van der Waals surface area contributed by atoms with Crippen molar-refractivity contribution in [2.45, 2.75) is 13.1 Å². The smallest absolute Gasteiger partial charge is 0.322 e. The Morgan fingerprint density at radius 2 is 1.62 bits per heavy atom. The van der Waals surface area contributed by atoms with Crippen molar-refractivity contribution in [3.63, 3.8) is 0 Å². The number of thiophene rings is 1. The number of ether oxygens (including phenoxy) is 1. The summed E-state index contributed by atoms with van der Waals surface area (Å²) in [5.41, 5.74) is 1.80. The second-order valence-corrected chi connectivity index (χ2v) is 10.7. The molecule has 1 aliphatic heterocycles. The first-order valence-corrected chi connectivity index (χ1v) is 14.2. The van der Waals surface area contributed by atoms with Crippen molar-refractivity contribution >= 4 is 39.7 Å². The Labute approximate surface area is 233 Å². The SMILES string of the molecule is O=C(CN(CCN1CCOCC1)C(=O)Nc1cccc2ccccc12)N(Cc1ccccc1)Cc1cccs1. The van der Waals surface area contributed by atoms with Gasteiger partial charge >= 0.3 is 6.03 Å². The molecule has 0 radical (unpaired) electrons. The molecule has 0 unspecified atom stereocenters. The average Bonchev–Trinajstić information content (AvgIpc) is 3.49. The van der Waals surface area contributed by atoms with E-state index < -0.39 is 0 Å². The minimum absolute atomic E-state index is 0.000845. The summed E-state index contributed by atoms with van der Waals surface area (Å²) in [5.74, 6) is -0.0812. The molecule has 5 rings (SSSR count). The third-order valence-electron chi connectivity index (χ3n) is 6.93. The molecule has 3 amide bonds. The summed E-state index contributed by atoms with van der Waals surface area (Å²) < 4.78 is 5.48. The van der Waals surface area contributed by atoms with E-state index in [0.29, 0.717) is 39.4 Å². The van der Waals surface area contributed by atoms with Crippen LogP contribution in [0.2, 0.25) is 0 Å². The lowest BCUT2D eigenvalue weighted by Crippen LogP contribution is -2.48. The summed E-state index contributed by atoms with van der Waals surface area (Å²) in [7, 11) is 0. The minimum atomic E-state index is -0.274. The minimum Gasteiger partial charge on any atom is -0.379 e. The first-order chi connectivity index (χ1) is 19.2. The van der Waals surface area contributed by atoms with Gasteiger partial charge in [-0.15, -0.1) is 11.3 Å². The van der Waals surface area contributed by atoms with Crippen LogP contribution in [0.4, 0.5) is 10.5 Å². The Morgan fingerprint density at radius 3 is 2.41 bits per heavy atom. The number of benzene rings is 3. The predicted octanol–water partition coefficient (Wildman–Crippen LogP) is 5.30. The Morgan fingerprint density at radius 1 is 0.846 bits per heavy atom. The maximum absolute atomic E-state index is 13.8. The highest BCUT2D eigenvalue weighted by atomic mass is 32.1. The molecule has 0 atom stereocenters. The second kappa shape index (κ2) is 13.4. The topological polar surface area (TPSA) is 65.1 Å². The van der Waals surface area contributed by atoms with Gasteiger partial charge in [-0.2, -0.15) is 0 Å². The number of anilines is 1. The van der Waals surface area contributed by atoms with E-state index in [1.54, 1.807) is 16.2 Å². The molecule has 7 nitrogen and oxygen atoms in total. The Balaban J connectivity index is 1.34. The van der Waals surface area contributed by atoms with Gasteiger partial charge in [0.25, 0.3) is 0 Å². The Bertz CT molecular complexity index is 1350. The molecule has 0 bridgehead atoms. The number of fused-ring (bicyclic) bond motifs is 1. The van der Waals surface area contributed by atoms with Gasteiger partial charge in [0.05, 0.1) is 25.4 Å². The first-order valence-electron chi connectivity index (χ1n) is 13.3. The van der Waals surface area contributed by atoms with Crippen LogP contribution in [0, 0.1) is 0 Å². The lowest BCUT2D eigenvalue weighted by Gasteiger charge is -2.31. The molecule has 1 fully saturated rings. The number of hydrogen-bond donors (Lipinski definition) is 1. The van der Waals surface area contributed by atoms with E-state index in [0.717, 1.165) is 40.0 Å². The van der Waals surface area contributed by atoms with Gasteiger partial charge in [-0.05, 0) is 28.5 Å². The normalized spacial score (nSPS) is 13.7. The number of amides is 3. The molecule has 2 heterocycles. The predicted molar refractivity (Wildman–Crippen MR) is 157 cm³/mol. The largest absolute Gasteiger partial charge is 0.379 e. The van der Waals surface area contributed by atoms with Crippen LogP contribution < -0.4 is 5.32 Å². The quantitative estimate of drug-likeness (QED) is 0.296. The molecule has 3 aromatic carbocycles.